The molecule has 3 aliphatic rings. The van der Waals surface area contributed by atoms with Crippen molar-refractivity contribution < 1.29 is 4.74 Å². The van der Waals surface area contributed by atoms with E-state index in [0.29, 0.717) is 5.41 Å². The summed E-state index contributed by atoms with van der Waals surface area (Å²) in [6.07, 6.45) is 4.32. The second kappa shape index (κ2) is 3.46. The summed E-state index contributed by atoms with van der Waals surface area (Å²) < 4.78 is 5.34. The molecule has 0 amide bonds. The summed E-state index contributed by atoms with van der Waals surface area (Å²) in [6, 6.07) is 0.875. The van der Waals surface area contributed by atoms with Gasteiger partial charge in [0.1, 0.15) is 0 Å². The number of ether oxygens (including phenoxy) is 1. The molecule has 3 unspecified atom stereocenters. The minimum Gasteiger partial charge on any atom is -0.380 e. The van der Waals surface area contributed by atoms with Crippen molar-refractivity contribution in [2.24, 2.45) is 17.3 Å². The summed E-state index contributed by atoms with van der Waals surface area (Å²) in [5, 5.41) is 0. The molecule has 3 atom stereocenters. The molecule has 2 heteroatoms. The van der Waals surface area contributed by atoms with Crippen LogP contribution in [0.2, 0.25) is 0 Å². The Labute approximate surface area is 93.0 Å². The van der Waals surface area contributed by atoms with Crippen LogP contribution in [0.15, 0.2) is 0 Å². The third-order valence-electron chi connectivity index (χ3n) is 5.03. The summed E-state index contributed by atoms with van der Waals surface area (Å²) in [7, 11) is 0. The van der Waals surface area contributed by atoms with Crippen molar-refractivity contribution in [3.63, 3.8) is 0 Å². The SMILES string of the molecule is CC1CCCC(N2CC3(COC3)C2)C1C. The van der Waals surface area contributed by atoms with Crippen molar-refractivity contribution >= 4 is 0 Å². The fraction of sp³-hybridized carbons (Fsp3) is 1.00. The lowest BCUT2D eigenvalue weighted by molar-refractivity contribution is -0.205. The maximum Gasteiger partial charge on any atom is 0.0569 e. The van der Waals surface area contributed by atoms with E-state index in [0.717, 1.165) is 31.1 Å². The fourth-order valence-corrected chi connectivity index (χ4v) is 3.69. The van der Waals surface area contributed by atoms with E-state index < -0.39 is 0 Å². The Hall–Kier alpha value is -0.0800. The van der Waals surface area contributed by atoms with Crippen LogP contribution < -0.4 is 0 Å². The van der Waals surface area contributed by atoms with Gasteiger partial charge in [0, 0.05) is 24.5 Å². The number of hydrogen-bond acceptors (Lipinski definition) is 2. The third-order valence-corrected chi connectivity index (χ3v) is 5.03. The quantitative estimate of drug-likeness (QED) is 0.656. The van der Waals surface area contributed by atoms with Crippen molar-refractivity contribution in [3.8, 4) is 0 Å². The Morgan fingerprint density at radius 1 is 1.13 bits per heavy atom. The molecule has 2 saturated heterocycles. The van der Waals surface area contributed by atoms with Crippen LogP contribution in [0.5, 0.6) is 0 Å². The zero-order valence-corrected chi connectivity index (χ0v) is 10.0. The first kappa shape index (κ1) is 10.1. The minimum atomic E-state index is 0.598. The van der Waals surface area contributed by atoms with Gasteiger partial charge in [-0.2, -0.15) is 0 Å². The monoisotopic (exact) mass is 209 g/mol. The summed E-state index contributed by atoms with van der Waals surface area (Å²) in [5.41, 5.74) is 0.598. The highest BCUT2D eigenvalue weighted by Crippen LogP contribution is 2.43. The van der Waals surface area contributed by atoms with Gasteiger partial charge in [-0.05, 0) is 18.3 Å². The minimum absolute atomic E-state index is 0.598. The van der Waals surface area contributed by atoms with Crippen LogP contribution in [-0.2, 0) is 4.74 Å². The second-order valence-electron chi connectivity index (χ2n) is 6.23. The Morgan fingerprint density at radius 2 is 1.87 bits per heavy atom. The molecular formula is C13H23NO. The molecule has 2 nitrogen and oxygen atoms in total. The van der Waals surface area contributed by atoms with Gasteiger partial charge in [0.2, 0.25) is 0 Å². The normalized spacial score (nSPS) is 44.8. The first-order valence-corrected chi connectivity index (χ1v) is 6.52. The number of nitrogens with zero attached hydrogens (tertiary/aromatic N) is 1. The average molecular weight is 209 g/mol. The van der Waals surface area contributed by atoms with Gasteiger partial charge in [0.15, 0.2) is 0 Å². The van der Waals surface area contributed by atoms with Crippen molar-refractivity contribution in [2.75, 3.05) is 26.3 Å². The van der Waals surface area contributed by atoms with Crippen molar-refractivity contribution in [2.45, 2.75) is 39.2 Å². The molecule has 0 radical (unpaired) electrons. The molecule has 1 aliphatic carbocycles. The van der Waals surface area contributed by atoms with Crippen LogP contribution in [0, 0.1) is 17.3 Å². The van der Waals surface area contributed by atoms with Crippen LogP contribution in [0.3, 0.4) is 0 Å². The van der Waals surface area contributed by atoms with Gasteiger partial charge < -0.3 is 4.74 Å². The topological polar surface area (TPSA) is 12.5 Å². The van der Waals surface area contributed by atoms with E-state index in [4.69, 9.17) is 4.74 Å². The Morgan fingerprint density at radius 3 is 2.47 bits per heavy atom. The Balaban J connectivity index is 1.58. The Kier molecular flexibility index (Phi) is 2.33. The molecule has 1 saturated carbocycles. The van der Waals surface area contributed by atoms with Gasteiger partial charge in [-0.25, -0.2) is 0 Å². The maximum absolute atomic E-state index is 5.34. The molecular weight excluding hydrogens is 186 g/mol. The van der Waals surface area contributed by atoms with Gasteiger partial charge in [-0.3, -0.25) is 4.90 Å². The van der Waals surface area contributed by atoms with Crippen LogP contribution in [0.1, 0.15) is 33.1 Å². The van der Waals surface area contributed by atoms with Gasteiger partial charge in [0.05, 0.1) is 13.2 Å². The smallest absolute Gasteiger partial charge is 0.0569 e. The second-order valence-corrected chi connectivity index (χ2v) is 6.23. The molecule has 0 N–H and O–H groups in total. The van der Waals surface area contributed by atoms with Crippen LogP contribution in [0.25, 0.3) is 0 Å². The zero-order valence-electron chi connectivity index (χ0n) is 10.0. The first-order valence-electron chi connectivity index (χ1n) is 6.52. The molecule has 0 aromatic rings. The average Bonchev–Trinajstić information content (AvgIpc) is 2.07. The van der Waals surface area contributed by atoms with Gasteiger partial charge >= 0.3 is 0 Å². The van der Waals surface area contributed by atoms with Crippen LogP contribution in [0.4, 0.5) is 0 Å². The lowest BCUT2D eigenvalue weighted by Gasteiger charge is -2.59. The summed E-state index contributed by atoms with van der Waals surface area (Å²) in [5.74, 6) is 1.83. The van der Waals surface area contributed by atoms with Crippen LogP contribution in [-0.4, -0.2) is 37.2 Å². The van der Waals surface area contributed by atoms with E-state index in [1.807, 2.05) is 0 Å². The fourth-order valence-electron chi connectivity index (χ4n) is 3.69. The van der Waals surface area contributed by atoms with Crippen molar-refractivity contribution in [1.82, 2.24) is 4.90 Å². The molecule has 0 aromatic carbocycles. The van der Waals surface area contributed by atoms with E-state index in [9.17, 15) is 0 Å². The maximum atomic E-state index is 5.34. The zero-order chi connectivity index (χ0) is 10.5. The molecule has 2 heterocycles. The van der Waals surface area contributed by atoms with Crippen molar-refractivity contribution in [3.05, 3.63) is 0 Å². The molecule has 1 spiro atoms. The van der Waals surface area contributed by atoms with E-state index in [-0.39, 0.29) is 0 Å². The highest BCUT2D eigenvalue weighted by atomic mass is 16.5. The van der Waals surface area contributed by atoms with E-state index >= 15 is 0 Å². The summed E-state index contributed by atoms with van der Waals surface area (Å²) in [4.78, 5) is 2.73. The lowest BCUT2D eigenvalue weighted by Crippen LogP contribution is -2.69. The standard InChI is InChI=1S/C13H23NO/c1-10-4-3-5-12(11(10)2)14-6-13(7-14)8-15-9-13/h10-12H,3-9H2,1-2H3. The first-order chi connectivity index (χ1) is 7.20. The predicted molar refractivity (Wildman–Crippen MR) is 60.8 cm³/mol. The molecule has 0 bridgehead atoms. The largest absolute Gasteiger partial charge is 0.380 e. The molecule has 15 heavy (non-hydrogen) atoms. The summed E-state index contributed by atoms with van der Waals surface area (Å²) in [6.45, 7) is 9.57. The summed E-state index contributed by atoms with van der Waals surface area (Å²) >= 11 is 0. The Bertz CT molecular complexity index is 241. The number of rotatable bonds is 1. The van der Waals surface area contributed by atoms with Crippen LogP contribution >= 0.6 is 0 Å². The van der Waals surface area contributed by atoms with E-state index in [2.05, 4.69) is 18.7 Å². The van der Waals surface area contributed by atoms with E-state index in [1.54, 1.807) is 0 Å². The van der Waals surface area contributed by atoms with Gasteiger partial charge in [-0.1, -0.05) is 26.7 Å². The molecule has 3 rings (SSSR count). The predicted octanol–water partition coefficient (Wildman–Crippen LogP) is 2.14. The molecule has 86 valence electrons. The highest BCUT2D eigenvalue weighted by Gasteiger charge is 2.51. The highest BCUT2D eigenvalue weighted by molar-refractivity contribution is 5.03. The molecule has 2 aliphatic heterocycles. The van der Waals surface area contributed by atoms with E-state index in [1.165, 1.54) is 32.4 Å². The molecule has 3 fully saturated rings. The van der Waals surface area contributed by atoms with Gasteiger partial charge in [0.25, 0.3) is 0 Å². The number of hydrogen-bond donors (Lipinski definition) is 0. The van der Waals surface area contributed by atoms with Gasteiger partial charge in [-0.15, -0.1) is 0 Å². The van der Waals surface area contributed by atoms with Crippen molar-refractivity contribution in [1.29, 1.82) is 0 Å². The third kappa shape index (κ3) is 1.53. The number of likely N-dealkylation sites (tertiary alicyclic amines) is 1. The molecule has 0 aromatic heterocycles. The lowest BCUT2D eigenvalue weighted by atomic mass is 9.71.